The molecule has 0 aromatic carbocycles. The van der Waals surface area contributed by atoms with Crippen molar-refractivity contribution in [3.8, 4) is 0 Å². The van der Waals surface area contributed by atoms with Crippen LogP contribution in [0.2, 0.25) is 0 Å². The van der Waals surface area contributed by atoms with Gasteiger partial charge in [0, 0.05) is 12.6 Å². The third-order valence-corrected chi connectivity index (χ3v) is 3.03. The predicted octanol–water partition coefficient (Wildman–Crippen LogP) is 1.70. The number of hydrogen-bond acceptors (Lipinski definition) is 2. The van der Waals surface area contributed by atoms with Crippen molar-refractivity contribution in [3.63, 3.8) is 0 Å². The molecule has 1 aliphatic rings. The molecule has 0 saturated carbocycles. The summed E-state index contributed by atoms with van der Waals surface area (Å²) in [5.74, 6) is 0. The molecule has 0 spiro atoms. The number of allylic oxidation sites excluding steroid dienone is 1. The van der Waals surface area contributed by atoms with E-state index in [-0.39, 0.29) is 18.1 Å². The van der Waals surface area contributed by atoms with Gasteiger partial charge in [0.1, 0.15) is 0 Å². The Bertz CT molecular complexity index is 196. The van der Waals surface area contributed by atoms with E-state index in [1.807, 2.05) is 0 Å². The van der Waals surface area contributed by atoms with Crippen LogP contribution in [0.25, 0.3) is 0 Å². The number of hydrogen-bond donors (Lipinski definition) is 2. The van der Waals surface area contributed by atoms with Crippen LogP contribution in [-0.4, -0.2) is 24.3 Å². The van der Waals surface area contributed by atoms with Crippen molar-refractivity contribution in [2.45, 2.75) is 39.7 Å². The van der Waals surface area contributed by atoms with Crippen molar-refractivity contribution in [2.24, 2.45) is 5.41 Å². The Morgan fingerprint density at radius 3 is 2.85 bits per heavy atom. The van der Waals surface area contributed by atoms with Crippen molar-refractivity contribution < 1.29 is 5.11 Å². The summed E-state index contributed by atoms with van der Waals surface area (Å²) in [5, 5.41) is 12.5. The average molecular weight is 183 g/mol. The van der Waals surface area contributed by atoms with Crippen LogP contribution in [0.1, 0.15) is 33.6 Å². The fourth-order valence-electron chi connectivity index (χ4n) is 1.97. The van der Waals surface area contributed by atoms with E-state index >= 15 is 0 Å². The second kappa shape index (κ2) is 4.25. The maximum Gasteiger partial charge on any atom is 0.0584 e. The molecule has 0 aromatic rings. The lowest BCUT2D eigenvalue weighted by Crippen LogP contribution is -2.36. The summed E-state index contributed by atoms with van der Waals surface area (Å²) < 4.78 is 0. The lowest BCUT2D eigenvalue weighted by atomic mass is 9.82. The van der Waals surface area contributed by atoms with Crippen LogP contribution < -0.4 is 5.32 Å². The average Bonchev–Trinajstić information content (AvgIpc) is 2.23. The van der Waals surface area contributed by atoms with Gasteiger partial charge in [0.2, 0.25) is 0 Å². The molecule has 2 N–H and O–H groups in total. The molecule has 1 rings (SSSR count). The summed E-state index contributed by atoms with van der Waals surface area (Å²) in [7, 11) is 0. The molecule has 1 atom stereocenters. The second-order valence-corrected chi connectivity index (χ2v) is 4.50. The van der Waals surface area contributed by atoms with E-state index < -0.39 is 0 Å². The van der Waals surface area contributed by atoms with Gasteiger partial charge in [-0.3, -0.25) is 0 Å². The molecule has 76 valence electrons. The van der Waals surface area contributed by atoms with Gasteiger partial charge < -0.3 is 10.4 Å². The Morgan fingerprint density at radius 1 is 1.62 bits per heavy atom. The van der Waals surface area contributed by atoms with Crippen LogP contribution in [0.4, 0.5) is 0 Å². The largest absolute Gasteiger partial charge is 0.395 e. The summed E-state index contributed by atoms with van der Waals surface area (Å²) in [6.07, 6.45) is 4.39. The van der Waals surface area contributed by atoms with E-state index in [0.717, 1.165) is 19.4 Å². The number of rotatable bonds is 1. The molecule has 1 aliphatic heterocycles. The quantitative estimate of drug-likeness (QED) is 0.606. The third-order valence-electron chi connectivity index (χ3n) is 3.03. The first-order valence-corrected chi connectivity index (χ1v) is 5.10. The number of aliphatic hydroxyl groups excluding tert-OH is 1. The van der Waals surface area contributed by atoms with Crippen molar-refractivity contribution in [1.29, 1.82) is 0 Å². The second-order valence-electron chi connectivity index (χ2n) is 4.50. The first-order valence-electron chi connectivity index (χ1n) is 5.10. The molecule has 1 heterocycles. The molecule has 0 aliphatic carbocycles. The van der Waals surface area contributed by atoms with E-state index in [9.17, 15) is 0 Å². The zero-order valence-corrected chi connectivity index (χ0v) is 8.93. The van der Waals surface area contributed by atoms with Gasteiger partial charge in [0.05, 0.1) is 6.61 Å². The predicted molar refractivity (Wildman–Crippen MR) is 55.6 cm³/mol. The molecule has 2 heteroatoms. The van der Waals surface area contributed by atoms with Crippen LogP contribution in [0, 0.1) is 5.41 Å². The van der Waals surface area contributed by atoms with Crippen LogP contribution in [0.5, 0.6) is 0 Å². The first-order chi connectivity index (χ1) is 6.10. The van der Waals surface area contributed by atoms with Crippen molar-refractivity contribution in [1.82, 2.24) is 5.32 Å². The summed E-state index contributed by atoms with van der Waals surface area (Å²) in [4.78, 5) is 0. The lowest BCUT2D eigenvalue weighted by Gasteiger charge is -2.26. The highest BCUT2D eigenvalue weighted by atomic mass is 16.3. The Balaban J connectivity index is 2.69. The molecule has 0 amide bonds. The topological polar surface area (TPSA) is 32.3 Å². The Labute approximate surface area is 81.0 Å². The molecule has 0 radical (unpaired) electrons. The highest BCUT2D eigenvalue weighted by Crippen LogP contribution is 2.31. The summed E-state index contributed by atoms with van der Waals surface area (Å²) in [5.41, 5.74) is 1.76. The summed E-state index contributed by atoms with van der Waals surface area (Å²) in [6.45, 7) is 7.85. The van der Waals surface area contributed by atoms with Gasteiger partial charge >= 0.3 is 0 Å². The van der Waals surface area contributed by atoms with E-state index in [2.05, 4.69) is 32.2 Å². The fraction of sp³-hybridized carbons (Fsp3) is 0.818. The monoisotopic (exact) mass is 183 g/mol. The minimum atomic E-state index is 0.249. The van der Waals surface area contributed by atoms with Crippen molar-refractivity contribution >= 4 is 0 Å². The molecule has 0 bridgehead atoms. The van der Waals surface area contributed by atoms with E-state index in [4.69, 9.17) is 5.11 Å². The zero-order chi connectivity index (χ0) is 9.90. The summed E-state index contributed by atoms with van der Waals surface area (Å²) >= 11 is 0. The maximum absolute atomic E-state index is 9.06. The number of nitrogens with one attached hydrogen (secondary N) is 1. The van der Waals surface area contributed by atoms with Crippen LogP contribution in [0.3, 0.4) is 0 Å². The Kier molecular flexibility index (Phi) is 3.51. The normalized spacial score (nSPS) is 31.7. The molecule has 0 aromatic heterocycles. The van der Waals surface area contributed by atoms with Gasteiger partial charge in [-0.25, -0.2) is 0 Å². The van der Waals surface area contributed by atoms with Gasteiger partial charge in [-0.2, -0.15) is 0 Å². The van der Waals surface area contributed by atoms with E-state index in [0.29, 0.717) is 0 Å². The maximum atomic E-state index is 9.06. The Morgan fingerprint density at radius 2 is 2.31 bits per heavy atom. The molecule has 13 heavy (non-hydrogen) atoms. The SMILES string of the molecule is C/C=C1\CCC(CO)NCC1(C)C. The van der Waals surface area contributed by atoms with Gasteiger partial charge in [0.15, 0.2) is 0 Å². The number of aliphatic hydroxyl groups is 1. The minimum absolute atomic E-state index is 0.249. The standard InChI is InChI=1S/C11H21NO/c1-4-9-5-6-10(7-13)12-8-11(9,2)3/h4,10,12-13H,5-8H2,1-3H3/b9-4+. The first kappa shape index (κ1) is 10.7. The fourth-order valence-corrected chi connectivity index (χ4v) is 1.97. The van der Waals surface area contributed by atoms with Gasteiger partial charge in [-0.1, -0.05) is 25.5 Å². The van der Waals surface area contributed by atoms with Crippen LogP contribution in [0.15, 0.2) is 11.6 Å². The van der Waals surface area contributed by atoms with Crippen molar-refractivity contribution in [2.75, 3.05) is 13.2 Å². The molecule has 1 unspecified atom stereocenters. The smallest absolute Gasteiger partial charge is 0.0584 e. The molecule has 1 fully saturated rings. The van der Waals surface area contributed by atoms with Gasteiger partial charge in [0.25, 0.3) is 0 Å². The molecule has 2 nitrogen and oxygen atoms in total. The third kappa shape index (κ3) is 2.55. The summed E-state index contributed by atoms with van der Waals surface area (Å²) in [6, 6.07) is 0.289. The van der Waals surface area contributed by atoms with Crippen molar-refractivity contribution in [3.05, 3.63) is 11.6 Å². The van der Waals surface area contributed by atoms with Crippen LogP contribution in [-0.2, 0) is 0 Å². The molecular weight excluding hydrogens is 162 g/mol. The zero-order valence-electron chi connectivity index (χ0n) is 8.93. The molecule has 1 saturated heterocycles. The van der Waals surface area contributed by atoms with Gasteiger partial charge in [-0.05, 0) is 25.2 Å². The van der Waals surface area contributed by atoms with E-state index in [1.165, 1.54) is 5.57 Å². The Hall–Kier alpha value is -0.340. The van der Waals surface area contributed by atoms with Crippen LogP contribution >= 0.6 is 0 Å². The van der Waals surface area contributed by atoms with E-state index in [1.54, 1.807) is 0 Å². The highest BCUT2D eigenvalue weighted by molar-refractivity contribution is 5.14. The van der Waals surface area contributed by atoms with Gasteiger partial charge in [-0.15, -0.1) is 0 Å². The molecular formula is C11H21NO. The minimum Gasteiger partial charge on any atom is -0.395 e. The highest BCUT2D eigenvalue weighted by Gasteiger charge is 2.27. The lowest BCUT2D eigenvalue weighted by molar-refractivity contribution is 0.235.